The first-order valence-electron chi connectivity index (χ1n) is 8.08. The Hall–Kier alpha value is -3.09. The van der Waals surface area contributed by atoms with E-state index in [1.165, 1.54) is 7.05 Å². The summed E-state index contributed by atoms with van der Waals surface area (Å²) in [6, 6.07) is 11.3. The van der Waals surface area contributed by atoms with Crippen LogP contribution in [0.25, 0.3) is 10.8 Å². The number of carbonyl (C=O) groups is 3. The molecule has 7 nitrogen and oxygen atoms in total. The Morgan fingerprint density at radius 1 is 1.12 bits per heavy atom. The van der Waals surface area contributed by atoms with E-state index in [1.807, 2.05) is 36.4 Å². The van der Waals surface area contributed by atoms with E-state index >= 15 is 0 Å². The number of fused-ring (bicyclic) bond motifs is 1. The highest BCUT2D eigenvalue weighted by Gasteiger charge is 2.20. The molecule has 0 spiro atoms. The van der Waals surface area contributed by atoms with Crippen molar-refractivity contribution in [3.05, 3.63) is 42.0 Å². The van der Waals surface area contributed by atoms with Crippen LogP contribution in [0, 0.1) is 0 Å². The normalized spacial score (nSPS) is 11.7. The van der Waals surface area contributed by atoms with Crippen LogP contribution in [0.1, 0.15) is 18.4 Å². The zero-order chi connectivity index (χ0) is 19.3. The van der Waals surface area contributed by atoms with Crippen molar-refractivity contribution in [3.63, 3.8) is 0 Å². The van der Waals surface area contributed by atoms with E-state index in [-0.39, 0.29) is 6.54 Å². The largest absolute Gasteiger partial charge is 0.497 e. The Morgan fingerprint density at radius 3 is 2.42 bits per heavy atom. The molecule has 0 radical (unpaired) electrons. The maximum absolute atomic E-state index is 12.2. The van der Waals surface area contributed by atoms with Gasteiger partial charge in [-0.3, -0.25) is 14.4 Å². The number of carbonyl (C=O) groups excluding carboxylic acids is 3. The zero-order valence-corrected chi connectivity index (χ0v) is 15.0. The number of ether oxygens (including phenoxy) is 2. The predicted octanol–water partition coefficient (Wildman–Crippen LogP) is 1.44. The lowest BCUT2D eigenvalue weighted by Crippen LogP contribution is -2.38. The Bertz CT molecular complexity index is 834. The Labute approximate surface area is 151 Å². The van der Waals surface area contributed by atoms with Gasteiger partial charge in [-0.25, -0.2) is 0 Å². The fourth-order valence-corrected chi connectivity index (χ4v) is 2.46. The van der Waals surface area contributed by atoms with Crippen LogP contribution in [-0.2, 0) is 19.1 Å². The summed E-state index contributed by atoms with van der Waals surface area (Å²) in [5.74, 6) is -1.41. The van der Waals surface area contributed by atoms with E-state index in [9.17, 15) is 14.4 Å². The van der Waals surface area contributed by atoms with Gasteiger partial charge in [0.25, 0.3) is 5.91 Å². The number of benzene rings is 2. The number of primary amides is 1. The maximum atomic E-state index is 12.2. The molecule has 0 aromatic heterocycles. The van der Waals surface area contributed by atoms with E-state index in [1.54, 1.807) is 14.0 Å². The topological polar surface area (TPSA) is 98.9 Å². The lowest BCUT2D eigenvalue weighted by Gasteiger charge is -2.16. The standard InChI is InChI=1S/C19H22N2O5/c1-12(19(24)26-11-18(23)21(2)10-17(20)22)13-4-5-15-9-16(25-3)7-6-14(15)8-13/h4-9,12H,10-11H2,1-3H3,(H2,20,22)/t12-/m0/s1. The van der Waals surface area contributed by atoms with E-state index in [2.05, 4.69) is 0 Å². The molecule has 0 fully saturated rings. The second-order valence-corrected chi connectivity index (χ2v) is 6.02. The van der Waals surface area contributed by atoms with E-state index in [0.29, 0.717) is 0 Å². The van der Waals surface area contributed by atoms with E-state index in [0.717, 1.165) is 27.0 Å². The van der Waals surface area contributed by atoms with Crippen molar-refractivity contribution >= 4 is 28.6 Å². The molecule has 2 aromatic carbocycles. The summed E-state index contributed by atoms with van der Waals surface area (Å²) in [5.41, 5.74) is 5.81. The summed E-state index contributed by atoms with van der Waals surface area (Å²) in [5, 5.41) is 1.97. The second-order valence-electron chi connectivity index (χ2n) is 6.02. The summed E-state index contributed by atoms with van der Waals surface area (Å²) in [7, 11) is 3.03. The molecule has 2 aromatic rings. The molecule has 0 unspecified atom stereocenters. The Kier molecular flexibility index (Phi) is 6.16. The summed E-state index contributed by atoms with van der Waals surface area (Å²) in [6.07, 6.45) is 0. The van der Waals surface area contributed by atoms with Crippen molar-refractivity contribution in [1.29, 1.82) is 0 Å². The number of methoxy groups -OCH3 is 1. The average Bonchev–Trinajstić information content (AvgIpc) is 2.63. The van der Waals surface area contributed by atoms with Gasteiger partial charge in [0.15, 0.2) is 6.61 Å². The van der Waals surface area contributed by atoms with Crippen LogP contribution in [0.5, 0.6) is 5.75 Å². The third-order valence-corrected chi connectivity index (χ3v) is 4.08. The molecule has 2 N–H and O–H groups in total. The van der Waals surface area contributed by atoms with E-state index < -0.39 is 30.3 Å². The molecule has 138 valence electrons. The molecule has 0 bridgehead atoms. The number of hydrogen-bond acceptors (Lipinski definition) is 5. The number of nitrogens with zero attached hydrogens (tertiary/aromatic N) is 1. The molecule has 2 amide bonds. The van der Waals surface area contributed by atoms with Gasteiger partial charge in [-0.15, -0.1) is 0 Å². The van der Waals surface area contributed by atoms with Gasteiger partial charge in [-0.2, -0.15) is 0 Å². The highest BCUT2D eigenvalue weighted by molar-refractivity contribution is 5.88. The van der Waals surface area contributed by atoms with Gasteiger partial charge in [0.2, 0.25) is 5.91 Å². The van der Waals surface area contributed by atoms with Crippen LogP contribution in [-0.4, -0.2) is 50.0 Å². The van der Waals surface area contributed by atoms with Crippen LogP contribution >= 0.6 is 0 Å². The van der Waals surface area contributed by atoms with Crippen molar-refractivity contribution in [2.45, 2.75) is 12.8 Å². The minimum absolute atomic E-state index is 0.222. The molecule has 26 heavy (non-hydrogen) atoms. The third-order valence-electron chi connectivity index (χ3n) is 4.08. The molecule has 7 heteroatoms. The molecule has 1 atom stereocenters. The molecule has 0 saturated heterocycles. The first kappa shape index (κ1) is 19.2. The lowest BCUT2D eigenvalue weighted by atomic mass is 9.98. The number of hydrogen-bond donors (Lipinski definition) is 1. The summed E-state index contributed by atoms with van der Waals surface area (Å²) in [4.78, 5) is 36.0. The van der Waals surface area contributed by atoms with Gasteiger partial charge in [0.05, 0.1) is 19.6 Å². The molecule has 2 rings (SSSR count). The van der Waals surface area contributed by atoms with Crippen molar-refractivity contribution in [2.75, 3.05) is 27.3 Å². The fourth-order valence-electron chi connectivity index (χ4n) is 2.46. The molecule has 0 saturated carbocycles. The molecule has 0 aliphatic carbocycles. The molecule has 0 heterocycles. The number of rotatable bonds is 7. The van der Waals surface area contributed by atoms with Gasteiger partial charge in [0.1, 0.15) is 5.75 Å². The van der Waals surface area contributed by atoms with Crippen molar-refractivity contribution in [2.24, 2.45) is 5.73 Å². The van der Waals surface area contributed by atoms with Crippen LogP contribution in [0.4, 0.5) is 0 Å². The van der Waals surface area contributed by atoms with Crippen LogP contribution in [0.3, 0.4) is 0 Å². The fraction of sp³-hybridized carbons (Fsp3) is 0.316. The van der Waals surface area contributed by atoms with Gasteiger partial charge in [0, 0.05) is 7.05 Å². The van der Waals surface area contributed by atoms with Crippen molar-refractivity contribution in [3.8, 4) is 5.75 Å². The minimum Gasteiger partial charge on any atom is -0.497 e. The number of nitrogens with two attached hydrogens (primary N) is 1. The van der Waals surface area contributed by atoms with Crippen LogP contribution in [0.2, 0.25) is 0 Å². The van der Waals surface area contributed by atoms with Gasteiger partial charge >= 0.3 is 5.97 Å². The van der Waals surface area contributed by atoms with Gasteiger partial charge < -0.3 is 20.1 Å². The van der Waals surface area contributed by atoms with Crippen LogP contribution < -0.4 is 10.5 Å². The van der Waals surface area contributed by atoms with Crippen molar-refractivity contribution in [1.82, 2.24) is 4.90 Å². The highest BCUT2D eigenvalue weighted by Crippen LogP contribution is 2.25. The monoisotopic (exact) mass is 358 g/mol. The Morgan fingerprint density at radius 2 is 1.77 bits per heavy atom. The zero-order valence-electron chi connectivity index (χ0n) is 15.0. The number of likely N-dealkylation sites (N-methyl/N-ethyl adjacent to an activating group) is 1. The van der Waals surface area contributed by atoms with Gasteiger partial charge in [-0.05, 0) is 35.4 Å². The van der Waals surface area contributed by atoms with E-state index in [4.69, 9.17) is 15.2 Å². The third kappa shape index (κ3) is 4.72. The predicted molar refractivity (Wildman–Crippen MR) is 96.7 cm³/mol. The maximum Gasteiger partial charge on any atom is 0.313 e. The SMILES string of the molecule is COc1ccc2cc([C@H](C)C(=O)OCC(=O)N(C)CC(N)=O)ccc2c1. The summed E-state index contributed by atoms with van der Waals surface area (Å²) < 4.78 is 10.3. The van der Waals surface area contributed by atoms with Crippen LogP contribution in [0.15, 0.2) is 36.4 Å². The number of esters is 1. The average molecular weight is 358 g/mol. The first-order valence-corrected chi connectivity index (χ1v) is 8.08. The molecule has 0 aliphatic rings. The quantitative estimate of drug-likeness (QED) is 0.755. The summed E-state index contributed by atoms with van der Waals surface area (Å²) >= 11 is 0. The van der Waals surface area contributed by atoms with Gasteiger partial charge in [-0.1, -0.05) is 24.3 Å². The molecule has 0 aliphatic heterocycles. The second kappa shape index (κ2) is 8.33. The first-order chi connectivity index (χ1) is 12.3. The molecular formula is C19H22N2O5. The smallest absolute Gasteiger partial charge is 0.313 e. The van der Waals surface area contributed by atoms with Crippen molar-refractivity contribution < 1.29 is 23.9 Å². The summed E-state index contributed by atoms with van der Waals surface area (Å²) in [6.45, 7) is 1.06. The molecular weight excluding hydrogens is 336 g/mol. The Balaban J connectivity index is 2.02. The highest BCUT2D eigenvalue weighted by atomic mass is 16.5. The lowest BCUT2D eigenvalue weighted by molar-refractivity contribution is -0.152. The number of amides is 2. The minimum atomic E-state index is -0.631.